The van der Waals surface area contributed by atoms with Crippen LogP contribution in [-0.4, -0.2) is 73.9 Å². The van der Waals surface area contributed by atoms with E-state index in [4.69, 9.17) is 20.7 Å². The van der Waals surface area contributed by atoms with Crippen molar-refractivity contribution in [3.63, 3.8) is 0 Å². The molecule has 1 saturated heterocycles. The predicted molar refractivity (Wildman–Crippen MR) is 150 cm³/mol. The number of likely N-dealkylation sites (N-methyl/N-ethyl adjacent to an activating group) is 1. The Bertz CT molecular complexity index is 1440. The second kappa shape index (κ2) is 12.1. The molecule has 202 valence electrons. The summed E-state index contributed by atoms with van der Waals surface area (Å²) in [6.07, 6.45) is 7.23. The highest BCUT2D eigenvalue weighted by Gasteiger charge is 2.31. The van der Waals surface area contributed by atoms with Gasteiger partial charge >= 0.3 is 0 Å². The van der Waals surface area contributed by atoms with Crippen LogP contribution >= 0.6 is 0 Å². The first-order valence-electron chi connectivity index (χ1n) is 13.1. The Morgan fingerprint density at radius 1 is 1.13 bits per heavy atom. The lowest BCUT2D eigenvalue weighted by atomic mass is 10.1. The van der Waals surface area contributed by atoms with Crippen LogP contribution in [0.2, 0.25) is 0 Å². The van der Waals surface area contributed by atoms with Crippen molar-refractivity contribution in [2.75, 3.05) is 39.0 Å². The van der Waals surface area contributed by atoms with E-state index in [0.29, 0.717) is 47.9 Å². The van der Waals surface area contributed by atoms with E-state index in [1.165, 1.54) is 6.33 Å². The molecule has 1 aliphatic rings. The number of anilines is 1. The van der Waals surface area contributed by atoms with E-state index in [-0.39, 0.29) is 18.7 Å². The number of nitrogens with two attached hydrogens (primary N) is 1. The van der Waals surface area contributed by atoms with Crippen LogP contribution < -0.4 is 10.5 Å². The van der Waals surface area contributed by atoms with Gasteiger partial charge in [0.2, 0.25) is 5.91 Å². The van der Waals surface area contributed by atoms with E-state index in [0.717, 1.165) is 30.6 Å². The molecule has 1 fully saturated rings. The zero-order valence-electron chi connectivity index (χ0n) is 22.0. The SMILES string of the molecule is CN(C/C=C/C(=O)N1CCCC[C@H]1n1nc(-c2ccc(Oc3ccccc3)cc2)c2c(N)ncnc21)CCO. The smallest absolute Gasteiger partial charge is 0.247 e. The monoisotopic (exact) mass is 527 g/mol. The number of fused-ring (bicyclic) bond motifs is 1. The van der Waals surface area contributed by atoms with E-state index in [1.807, 2.05) is 82.2 Å². The molecule has 10 heteroatoms. The van der Waals surface area contributed by atoms with Gasteiger partial charge < -0.3 is 25.4 Å². The van der Waals surface area contributed by atoms with Gasteiger partial charge in [-0.15, -0.1) is 0 Å². The number of carbonyl (C=O) groups excluding carboxylic acids is 1. The van der Waals surface area contributed by atoms with Gasteiger partial charge in [0.15, 0.2) is 5.65 Å². The fraction of sp³-hybridized carbons (Fsp3) is 0.310. The van der Waals surface area contributed by atoms with Crippen molar-refractivity contribution in [3.05, 3.63) is 73.1 Å². The molecule has 0 radical (unpaired) electrons. The van der Waals surface area contributed by atoms with Gasteiger partial charge in [0, 0.05) is 31.3 Å². The molecule has 2 aromatic carbocycles. The minimum Gasteiger partial charge on any atom is -0.457 e. The highest BCUT2D eigenvalue weighted by molar-refractivity contribution is 5.98. The van der Waals surface area contributed by atoms with Crippen molar-refractivity contribution >= 4 is 22.8 Å². The van der Waals surface area contributed by atoms with Crippen molar-refractivity contribution in [2.45, 2.75) is 25.4 Å². The van der Waals surface area contributed by atoms with Crippen molar-refractivity contribution in [2.24, 2.45) is 0 Å². The zero-order valence-corrected chi connectivity index (χ0v) is 22.0. The summed E-state index contributed by atoms with van der Waals surface area (Å²) in [5, 5.41) is 14.7. The molecule has 3 heterocycles. The first-order chi connectivity index (χ1) is 19.0. The molecule has 0 unspecified atom stereocenters. The Hall–Kier alpha value is -4.28. The molecule has 3 N–H and O–H groups in total. The summed E-state index contributed by atoms with van der Waals surface area (Å²) < 4.78 is 7.76. The van der Waals surface area contributed by atoms with Crippen molar-refractivity contribution < 1.29 is 14.6 Å². The van der Waals surface area contributed by atoms with Crippen LogP contribution in [0.1, 0.15) is 25.4 Å². The first-order valence-corrected chi connectivity index (χ1v) is 13.1. The van der Waals surface area contributed by atoms with Crippen LogP contribution in [-0.2, 0) is 4.79 Å². The molecule has 0 spiro atoms. The number of amides is 1. The van der Waals surface area contributed by atoms with Gasteiger partial charge in [0.1, 0.15) is 35.5 Å². The number of benzene rings is 2. The van der Waals surface area contributed by atoms with Crippen LogP contribution in [0, 0.1) is 0 Å². The number of likely N-dealkylation sites (tertiary alicyclic amines) is 1. The number of rotatable bonds is 9. The second-order valence-corrected chi connectivity index (χ2v) is 9.59. The molecule has 0 saturated carbocycles. The first kappa shape index (κ1) is 26.3. The summed E-state index contributed by atoms with van der Waals surface area (Å²) in [5.41, 5.74) is 8.44. The second-order valence-electron chi connectivity index (χ2n) is 9.59. The van der Waals surface area contributed by atoms with Gasteiger partial charge in [-0.05, 0) is 62.7 Å². The molecule has 1 atom stereocenters. The Balaban J connectivity index is 1.45. The highest BCUT2D eigenvalue weighted by atomic mass is 16.5. The Kier molecular flexibility index (Phi) is 8.14. The number of nitrogens with zero attached hydrogens (tertiary/aromatic N) is 6. The van der Waals surface area contributed by atoms with Crippen LogP contribution in [0.25, 0.3) is 22.3 Å². The van der Waals surface area contributed by atoms with Gasteiger partial charge in [-0.2, -0.15) is 5.10 Å². The highest BCUT2D eigenvalue weighted by Crippen LogP contribution is 2.36. The zero-order chi connectivity index (χ0) is 27.2. The third-order valence-corrected chi connectivity index (χ3v) is 6.82. The van der Waals surface area contributed by atoms with Gasteiger partial charge in [0.25, 0.3) is 0 Å². The van der Waals surface area contributed by atoms with Gasteiger partial charge in [-0.1, -0.05) is 24.3 Å². The number of piperidine rings is 1. The van der Waals surface area contributed by atoms with Crippen molar-refractivity contribution in [3.8, 4) is 22.8 Å². The summed E-state index contributed by atoms with van der Waals surface area (Å²) in [6, 6.07) is 17.3. The van der Waals surface area contributed by atoms with E-state index in [1.54, 1.807) is 6.08 Å². The lowest BCUT2D eigenvalue weighted by molar-refractivity contribution is -0.132. The fourth-order valence-electron chi connectivity index (χ4n) is 4.83. The van der Waals surface area contributed by atoms with Crippen LogP contribution in [0.3, 0.4) is 0 Å². The summed E-state index contributed by atoms with van der Waals surface area (Å²) in [7, 11) is 1.90. The molecule has 10 nitrogen and oxygen atoms in total. The lowest BCUT2D eigenvalue weighted by Crippen LogP contribution is -2.41. The number of hydrogen-bond donors (Lipinski definition) is 2. The number of aliphatic hydroxyl groups excluding tert-OH is 1. The predicted octanol–water partition coefficient (Wildman–Crippen LogP) is 3.86. The largest absolute Gasteiger partial charge is 0.457 e. The summed E-state index contributed by atoms with van der Waals surface area (Å²) >= 11 is 0. The quantitative estimate of drug-likeness (QED) is 0.315. The molecule has 0 bridgehead atoms. The van der Waals surface area contributed by atoms with E-state index < -0.39 is 0 Å². The van der Waals surface area contributed by atoms with Crippen molar-refractivity contribution in [1.82, 2.24) is 29.5 Å². The fourth-order valence-corrected chi connectivity index (χ4v) is 4.83. The number of carbonyl (C=O) groups is 1. The third kappa shape index (κ3) is 5.92. The standard InChI is InChI=1S/C29H33N7O3/c1-34(18-19-37)16-7-11-25(38)35-17-6-5-10-24(35)36-29-26(28(30)31-20-32-29)27(33-36)21-12-14-23(15-13-21)39-22-8-3-2-4-9-22/h2-4,7-9,11-15,20,24,37H,5-6,10,16-19H2,1H3,(H2,30,31,32)/b11-7+/t24-/m1/s1. The Labute approximate surface area is 227 Å². The van der Waals surface area contributed by atoms with Crippen LogP contribution in [0.4, 0.5) is 5.82 Å². The lowest BCUT2D eigenvalue weighted by Gasteiger charge is -2.35. The number of aliphatic hydroxyl groups is 1. The number of para-hydroxylation sites is 1. The normalized spacial score (nSPS) is 15.9. The molecule has 1 aliphatic heterocycles. The average Bonchev–Trinajstić information content (AvgIpc) is 3.35. The minimum absolute atomic E-state index is 0.0771. The van der Waals surface area contributed by atoms with Crippen molar-refractivity contribution in [1.29, 1.82) is 0 Å². The third-order valence-electron chi connectivity index (χ3n) is 6.82. The van der Waals surface area contributed by atoms with E-state index in [9.17, 15) is 4.79 Å². The molecule has 2 aromatic heterocycles. The molecule has 39 heavy (non-hydrogen) atoms. The van der Waals surface area contributed by atoms with E-state index in [2.05, 4.69) is 9.97 Å². The van der Waals surface area contributed by atoms with Gasteiger partial charge in [-0.25, -0.2) is 14.6 Å². The number of hydrogen-bond acceptors (Lipinski definition) is 8. The van der Waals surface area contributed by atoms with Gasteiger partial charge in [0.05, 0.1) is 12.0 Å². The number of nitrogen functional groups attached to an aromatic ring is 1. The maximum atomic E-state index is 13.2. The molecular weight excluding hydrogens is 494 g/mol. The topological polar surface area (TPSA) is 123 Å². The molecular formula is C29H33N7O3. The van der Waals surface area contributed by atoms with Crippen LogP contribution in [0.15, 0.2) is 73.1 Å². The maximum absolute atomic E-state index is 13.2. The molecule has 4 aromatic rings. The maximum Gasteiger partial charge on any atom is 0.247 e. The minimum atomic E-state index is -0.294. The Morgan fingerprint density at radius 3 is 2.67 bits per heavy atom. The van der Waals surface area contributed by atoms with E-state index >= 15 is 0 Å². The number of ether oxygens (including phenoxy) is 1. The van der Waals surface area contributed by atoms with Gasteiger partial charge in [-0.3, -0.25) is 4.79 Å². The average molecular weight is 528 g/mol. The molecule has 0 aliphatic carbocycles. The summed E-state index contributed by atoms with van der Waals surface area (Å²) in [5.74, 6) is 1.73. The molecule has 5 rings (SSSR count). The number of aromatic nitrogens is 4. The molecule has 1 amide bonds. The summed E-state index contributed by atoms with van der Waals surface area (Å²) in [6.45, 7) is 1.83. The Morgan fingerprint density at radius 2 is 1.90 bits per heavy atom. The van der Waals surface area contributed by atoms with Crippen LogP contribution in [0.5, 0.6) is 11.5 Å². The summed E-state index contributed by atoms with van der Waals surface area (Å²) in [4.78, 5) is 25.8.